The van der Waals surface area contributed by atoms with Crippen LogP contribution in [0, 0.1) is 12.7 Å². The van der Waals surface area contributed by atoms with Crippen molar-refractivity contribution >= 4 is 5.69 Å². The monoisotopic (exact) mass is 366 g/mol. The number of hydrogen-bond donors (Lipinski definition) is 1. The first-order chi connectivity index (χ1) is 12.4. The van der Waals surface area contributed by atoms with Crippen molar-refractivity contribution in [2.75, 3.05) is 11.9 Å². The summed E-state index contributed by atoms with van der Waals surface area (Å²) < 4.78 is 50.0. The number of alkyl halides is 2. The van der Waals surface area contributed by atoms with Gasteiger partial charge in [0.2, 0.25) is 0 Å². The lowest BCUT2D eigenvalue weighted by atomic mass is 10.2. The molecule has 0 bridgehead atoms. The van der Waals surface area contributed by atoms with E-state index in [1.165, 1.54) is 12.1 Å². The van der Waals surface area contributed by atoms with Crippen LogP contribution in [0.5, 0.6) is 5.75 Å². The molecular weight excluding hydrogens is 349 g/mol. The predicted octanol–water partition coefficient (Wildman–Crippen LogP) is 3.78. The molecule has 0 saturated heterocycles. The lowest BCUT2D eigenvalue weighted by Crippen LogP contribution is -2.09. The van der Waals surface area contributed by atoms with Crippen molar-refractivity contribution < 1.29 is 22.4 Å². The zero-order valence-corrected chi connectivity index (χ0v) is 14.2. The molecule has 0 aliphatic heterocycles. The van der Waals surface area contributed by atoms with Crippen LogP contribution in [-0.4, -0.2) is 28.0 Å². The molecule has 9 heteroatoms. The third kappa shape index (κ3) is 3.98. The fraction of sp³-hybridized carbons (Fsp3) is 0.294. The maximum atomic E-state index is 13.3. The summed E-state index contributed by atoms with van der Waals surface area (Å²) in [5.74, 6) is -0.0469. The third-order valence-electron chi connectivity index (χ3n) is 3.83. The number of rotatable bonds is 7. The van der Waals surface area contributed by atoms with E-state index in [0.29, 0.717) is 17.1 Å². The van der Waals surface area contributed by atoms with Crippen molar-refractivity contribution in [2.24, 2.45) is 7.05 Å². The van der Waals surface area contributed by atoms with Crippen LogP contribution >= 0.6 is 0 Å². The van der Waals surface area contributed by atoms with Crippen molar-refractivity contribution in [2.45, 2.75) is 19.9 Å². The minimum Gasteiger partial charge on any atom is -0.485 e. The molecule has 0 atom stereocenters. The van der Waals surface area contributed by atoms with Gasteiger partial charge in [-0.15, -0.1) is 0 Å². The van der Waals surface area contributed by atoms with E-state index in [-0.39, 0.29) is 12.3 Å². The minimum absolute atomic E-state index is 0.00754. The average molecular weight is 366 g/mol. The SMILES string of the molecule is Cc1c(-c2cc(CNc3ccc(F)cc3OCC(F)F)on2)cnn1C. The highest BCUT2D eigenvalue weighted by atomic mass is 19.3. The van der Waals surface area contributed by atoms with E-state index in [2.05, 4.69) is 15.6 Å². The van der Waals surface area contributed by atoms with Gasteiger partial charge in [-0.2, -0.15) is 5.10 Å². The van der Waals surface area contributed by atoms with Crippen LogP contribution in [0.2, 0.25) is 0 Å². The second-order valence-corrected chi connectivity index (χ2v) is 5.64. The Labute approximate surface area is 147 Å². The standard InChI is InChI=1S/C17H17F3N4O2/c1-10-13(8-22-24(10)2)15-6-12(26-23-15)7-21-14-4-3-11(18)5-16(14)25-9-17(19)20/h3-6,8,17,21H,7,9H2,1-2H3. The highest BCUT2D eigenvalue weighted by molar-refractivity contribution is 5.61. The van der Waals surface area contributed by atoms with E-state index in [9.17, 15) is 13.2 Å². The Kier molecular flexibility index (Phi) is 5.15. The number of nitrogens with one attached hydrogen (secondary N) is 1. The summed E-state index contributed by atoms with van der Waals surface area (Å²) >= 11 is 0. The molecule has 0 amide bonds. The molecule has 1 N–H and O–H groups in total. The van der Waals surface area contributed by atoms with Crippen LogP contribution in [0.1, 0.15) is 11.5 Å². The molecule has 0 radical (unpaired) electrons. The molecule has 0 aliphatic carbocycles. The molecule has 2 heterocycles. The van der Waals surface area contributed by atoms with E-state index in [4.69, 9.17) is 9.26 Å². The Balaban J connectivity index is 1.71. The molecule has 0 aliphatic rings. The molecule has 26 heavy (non-hydrogen) atoms. The molecule has 1 aromatic carbocycles. The molecule has 138 valence electrons. The summed E-state index contributed by atoms with van der Waals surface area (Å²) in [5, 5.41) is 11.1. The van der Waals surface area contributed by atoms with Gasteiger partial charge >= 0.3 is 0 Å². The number of benzene rings is 1. The van der Waals surface area contributed by atoms with Crippen LogP contribution in [0.3, 0.4) is 0 Å². The Bertz CT molecular complexity index is 892. The summed E-state index contributed by atoms with van der Waals surface area (Å²) in [4.78, 5) is 0. The first-order valence-electron chi connectivity index (χ1n) is 7.83. The van der Waals surface area contributed by atoms with Crippen LogP contribution in [-0.2, 0) is 13.6 Å². The predicted molar refractivity (Wildman–Crippen MR) is 88.7 cm³/mol. The molecule has 0 saturated carbocycles. The topological polar surface area (TPSA) is 65.1 Å². The van der Waals surface area contributed by atoms with E-state index in [1.54, 1.807) is 16.9 Å². The van der Waals surface area contributed by atoms with Crippen molar-refractivity contribution in [1.29, 1.82) is 0 Å². The molecule has 2 aromatic heterocycles. The summed E-state index contributed by atoms with van der Waals surface area (Å²) in [7, 11) is 1.83. The fourth-order valence-corrected chi connectivity index (χ4v) is 2.37. The van der Waals surface area contributed by atoms with Gasteiger partial charge in [-0.25, -0.2) is 13.2 Å². The van der Waals surface area contributed by atoms with E-state index in [1.807, 2.05) is 14.0 Å². The highest BCUT2D eigenvalue weighted by Gasteiger charge is 2.13. The average Bonchev–Trinajstić information content (AvgIpc) is 3.19. The molecule has 3 rings (SSSR count). The Morgan fingerprint density at radius 1 is 1.31 bits per heavy atom. The van der Waals surface area contributed by atoms with Gasteiger partial charge in [0.25, 0.3) is 6.43 Å². The Hall–Kier alpha value is -2.97. The van der Waals surface area contributed by atoms with E-state index < -0.39 is 18.8 Å². The van der Waals surface area contributed by atoms with Gasteiger partial charge in [0.15, 0.2) is 5.76 Å². The van der Waals surface area contributed by atoms with E-state index >= 15 is 0 Å². The van der Waals surface area contributed by atoms with Crippen molar-refractivity contribution in [3.05, 3.63) is 47.7 Å². The molecular formula is C17H17F3N4O2. The second kappa shape index (κ2) is 7.51. The van der Waals surface area contributed by atoms with Gasteiger partial charge < -0.3 is 14.6 Å². The molecule has 3 aromatic rings. The zero-order valence-electron chi connectivity index (χ0n) is 14.2. The Morgan fingerprint density at radius 3 is 2.81 bits per heavy atom. The van der Waals surface area contributed by atoms with Gasteiger partial charge in [0, 0.05) is 30.4 Å². The Morgan fingerprint density at radius 2 is 2.12 bits per heavy atom. The number of aryl methyl sites for hydroxylation is 1. The van der Waals surface area contributed by atoms with Crippen LogP contribution in [0.4, 0.5) is 18.9 Å². The number of nitrogens with zero attached hydrogens (tertiary/aromatic N) is 3. The highest BCUT2D eigenvalue weighted by Crippen LogP contribution is 2.27. The van der Waals surface area contributed by atoms with Crippen molar-refractivity contribution in [1.82, 2.24) is 14.9 Å². The number of aromatic nitrogens is 3. The number of anilines is 1. The van der Waals surface area contributed by atoms with Crippen LogP contribution in [0.25, 0.3) is 11.3 Å². The number of halogens is 3. The van der Waals surface area contributed by atoms with Crippen LogP contribution < -0.4 is 10.1 Å². The summed E-state index contributed by atoms with van der Waals surface area (Å²) in [5.41, 5.74) is 2.81. The molecule has 0 unspecified atom stereocenters. The van der Waals surface area contributed by atoms with Gasteiger partial charge in [0.05, 0.1) is 18.4 Å². The summed E-state index contributed by atoms with van der Waals surface area (Å²) in [6.45, 7) is 1.33. The summed E-state index contributed by atoms with van der Waals surface area (Å²) in [6, 6.07) is 5.43. The second-order valence-electron chi connectivity index (χ2n) is 5.64. The van der Waals surface area contributed by atoms with E-state index in [0.717, 1.165) is 17.3 Å². The normalized spacial score (nSPS) is 11.2. The lowest BCUT2D eigenvalue weighted by Gasteiger charge is -2.12. The first-order valence-corrected chi connectivity index (χ1v) is 7.83. The third-order valence-corrected chi connectivity index (χ3v) is 3.83. The molecule has 0 spiro atoms. The molecule has 6 nitrogen and oxygen atoms in total. The van der Waals surface area contributed by atoms with Gasteiger partial charge in [-0.3, -0.25) is 4.68 Å². The largest absolute Gasteiger partial charge is 0.485 e. The van der Waals surface area contributed by atoms with Crippen molar-refractivity contribution in [3.63, 3.8) is 0 Å². The fourth-order valence-electron chi connectivity index (χ4n) is 2.37. The quantitative estimate of drug-likeness (QED) is 0.689. The maximum Gasteiger partial charge on any atom is 0.272 e. The zero-order chi connectivity index (χ0) is 18.7. The van der Waals surface area contributed by atoms with Gasteiger partial charge in [-0.1, -0.05) is 5.16 Å². The first kappa shape index (κ1) is 17.8. The lowest BCUT2D eigenvalue weighted by molar-refractivity contribution is 0.0820. The van der Waals surface area contributed by atoms with Crippen LogP contribution in [0.15, 0.2) is 35.0 Å². The van der Waals surface area contributed by atoms with Gasteiger partial charge in [0.1, 0.15) is 23.9 Å². The minimum atomic E-state index is -2.65. The summed E-state index contributed by atoms with van der Waals surface area (Å²) in [6.07, 6.45) is -0.952. The molecule has 0 fully saturated rings. The van der Waals surface area contributed by atoms with Gasteiger partial charge in [-0.05, 0) is 19.1 Å². The number of hydrogen-bond acceptors (Lipinski definition) is 5. The number of ether oxygens (including phenoxy) is 1. The smallest absolute Gasteiger partial charge is 0.272 e. The van der Waals surface area contributed by atoms with Crippen molar-refractivity contribution in [3.8, 4) is 17.0 Å². The maximum absolute atomic E-state index is 13.3.